The SMILES string of the molecule is O=C(NCCNC(=O)c1cccs1)c1nc(Cn2cc(I)cn2)no1. The maximum atomic E-state index is 11.9. The van der Waals surface area contributed by atoms with Gasteiger partial charge in [-0.05, 0) is 34.0 Å². The third kappa shape index (κ3) is 4.85. The minimum atomic E-state index is -0.487. The van der Waals surface area contributed by atoms with Gasteiger partial charge < -0.3 is 15.2 Å². The molecule has 2 N–H and O–H groups in total. The van der Waals surface area contributed by atoms with Crippen molar-refractivity contribution < 1.29 is 14.1 Å². The van der Waals surface area contributed by atoms with Gasteiger partial charge in [0.1, 0.15) is 6.54 Å². The lowest BCUT2D eigenvalue weighted by Gasteiger charge is -2.04. The van der Waals surface area contributed by atoms with E-state index in [-0.39, 0.29) is 18.3 Å². The Morgan fingerprint density at radius 1 is 1.28 bits per heavy atom. The smallest absolute Gasteiger partial charge is 0.316 e. The van der Waals surface area contributed by atoms with Gasteiger partial charge in [-0.25, -0.2) is 0 Å². The number of amides is 2. The van der Waals surface area contributed by atoms with Gasteiger partial charge in [0, 0.05) is 19.3 Å². The maximum Gasteiger partial charge on any atom is 0.316 e. The molecule has 0 radical (unpaired) electrons. The summed E-state index contributed by atoms with van der Waals surface area (Å²) in [7, 11) is 0. The number of hydrogen-bond acceptors (Lipinski definition) is 7. The molecule has 0 saturated heterocycles. The average molecular weight is 472 g/mol. The molecule has 2 amide bonds. The lowest BCUT2D eigenvalue weighted by Crippen LogP contribution is -2.34. The van der Waals surface area contributed by atoms with Crippen LogP contribution in [0.15, 0.2) is 34.4 Å². The topological polar surface area (TPSA) is 115 Å². The van der Waals surface area contributed by atoms with E-state index in [1.54, 1.807) is 23.0 Å². The fraction of sp³-hybridized carbons (Fsp3) is 0.214. The highest BCUT2D eigenvalue weighted by molar-refractivity contribution is 14.1. The van der Waals surface area contributed by atoms with Crippen LogP contribution >= 0.6 is 33.9 Å². The Kier molecular flexibility index (Phi) is 5.75. The standard InChI is InChI=1S/C14H13IN6O3S/c15-9-6-18-21(7-9)8-11-19-14(24-20-11)13(23)17-4-3-16-12(22)10-2-1-5-25-10/h1-2,5-7H,3-4,8H2,(H,16,22)(H,17,23). The van der Waals surface area contributed by atoms with Gasteiger partial charge in [0.05, 0.1) is 14.6 Å². The first kappa shape index (κ1) is 17.5. The summed E-state index contributed by atoms with van der Waals surface area (Å²) in [6.45, 7) is 0.872. The summed E-state index contributed by atoms with van der Waals surface area (Å²) in [4.78, 5) is 28.3. The van der Waals surface area contributed by atoms with Crippen LogP contribution in [0.5, 0.6) is 0 Å². The molecule has 0 aliphatic rings. The first-order chi connectivity index (χ1) is 12.1. The van der Waals surface area contributed by atoms with E-state index >= 15 is 0 Å². The van der Waals surface area contributed by atoms with Gasteiger partial charge in [-0.2, -0.15) is 10.1 Å². The molecule has 0 aliphatic heterocycles. The zero-order valence-electron chi connectivity index (χ0n) is 12.8. The second-order valence-corrected chi connectivity index (χ2v) is 7.05. The molecule has 3 heterocycles. The molecule has 11 heteroatoms. The fourth-order valence-electron chi connectivity index (χ4n) is 1.90. The molecule has 0 aliphatic carbocycles. The zero-order valence-corrected chi connectivity index (χ0v) is 15.8. The number of rotatable bonds is 7. The van der Waals surface area contributed by atoms with Crippen molar-refractivity contribution in [3.8, 4) is 0 Å². The van der Waals surface area contributed by atoms with E-state index in [0.717, 1.165) is 3.57 Å². The Labute approximate surface area is 159 Å². The Morgan fingerprint density at radius 3 is 2.76 bits per heavy atom. The quantitative estimate of drug-likeness (QED) is 0.394. The van der Waals surface area contributed by atoms with Gasteiger partial charge in [0.2, 0.25) is 0 Å². The summed E-state index contributed by atoms with van der Waals surface area (Å²) in [5, 5.41) is 15.0. The number of carbonyl (C=O) groups is 2. The van der Waals surface area contributed by atoms with Crippen LogP contribution in [0.1, 0.15) is 26.2 Å². The van der Waals surface area contributed by atoms with Gasteiger partial charge >= 0.3 is 11.8 Å². The highest BCUT2D eigenvalue weighted by Gasteiger charge is 2.15. The van der Waals surface area contributed by atoms with E-state index in [9.17, 15) is 9.59 Å². The van der Waals surface area contributed by atoms with E-state index in [0.29, 0.717) is 23.8 Å². The summed E-state index contributed by atoms with van der Waals surface area (Å²) < 4.78 is 7.58. The number of nitrogens with zero attached hydrogens (tertiary/aromatic N) is 4. The molecule has 0 fully saturated rings. The molecule has 3 rings (SSSR count). The average Bonchev–Trinajstić information content (AvgIpc) is 3.33. The Bertz CT molecular complexity index is 860. The van der Waals surface area contributed by atoms with Crippen molar-refractivity contribution in [2.75, 3.05) is 13.1 Å². The normalized spacial score (nSPS) is 10.6. The predicted molar refractivity (Wildman–Crippen MR) is 97.3 cm³/mol. The number of carbonyl (C=O) groups excluding carboxylic acids is 2. The van der Waals surface area contributed by atoms with Gasteiger partial charge in [-0.3, -0.25) is 14.3 Å². The monoisotopic (exact) mass is 472 g/mol. The van der Waals surface area contributed by atoms with E-state index in [4.69, 9.17) is 4.52 Å². The van der Waals surface area contributed by atoms with Gasteiger partial charge in [0.25, 0.3) is 5.91 Å². The van der Waals surface area contributed by atoms with Crippen molar-refractivity contribution in [3.63, 3.8) is 0 Å². The highest BCUT2D eigenvalue weighted by atomic mass is 127. The van der Waals surface area contributed by atoms with Gasteiger partial charge in [-0.15, -0.1) is 11.3 Å². The number of halogens is 1. The molecule has 0 saturated carbocycles. The molecule has 0 spiro atoms. The van der Waals surface area contributed by atoms with Gasteiger partial charge in [-0.1, -0.05) is 11.2 Å². The largest absolute Gasteiger partial charge is 0.350 e. The minimum absolute atomic E-state index is 0.124. The summed E-state index contributed by atoms with van der Waals surface area (Å²) in [5.74, 6) is -0.422. The molecular weight excluding hydrogens is 459 g/mol. The van der Waals surface area contributed by atoms with Crippen LogP contribution in [0.25, 0.3) is 0 Å². The first-order valence-electron chi connectivity index (χ1n) is 7.22. The molecule has 0 bridgehead atoms. The second-order valence-electron chi connectivity index (χ2n) is 4.86. The highest BCUT2D eigenvalue weighted by Crippen LogP contribution is 2.07. The molecule has 3 aromatic heterocycles. The zero-order chi connectivity index (χ0) is 17.6. The van der Waals surface area contributed by atoms with Crippen molar-refractivity contribution in [2.45, 2.75) is 6.54 Å². The summed E-state index contributed by atoms with van der Waals surface area (Å²) in [6, 6.07) is 3.54. The lowest BCUT2D eigenvalue weighted by molar-refractivity contribution is 0.0899. The Hall–Kier alpha value is -2.28. The Balaban J connectivity index is 1.43. The van der Waals surface area contributed by atoms with Crippen LogP contribution in [0.3, 0.4) is 0 Å². The summed E-state index contributed by atoms with van der Waals surface area (Å²) in [5.41, 5.74) is 0. The predicted octanol–water partition coefficient (Wildman–Crippen LogP) is 1.14. The molecular formula is C14H13IN6O3S. The molecule has 9 nitrogen and oxygen atoms in total. The first-order valence-corrected chi connectivity index (χ1v) is 9.18. The van der Waals surface area contributed by atoms with Crippen molar-refractivity contribution >= 4 is 45.7 Å². The molecule has 0 unspecified atom stereocenters. The van der Waals surface area contributed by atoms with Crippen LogP contribution in [0.4, 0.5) is 0 Å². The fourth-order valence-corrected chi connectivity index (χ4v) is 2.99. The third-order valence-electron chi connectivity index (χ3n) is 3.01. The number of nitrogens with one attached hydrogen (secondary N) is 2. The van der Waals surface area contributed by atoms with E-state index in [1.807, 2.05) is 11.6 Å². The van der Waals surface area contributed by atoms with E-state index < -0.39 is 5.91 Å². The third-order valence-corrected chi connectivity index (χ3v) is 4.43. The van der Waals surface area contributed by atoms with E-state index in [1.165, 1.54) is 11.3 Å². The van der Waals surface area contributed by atoms with Crippen LogP contribution in [-0.2, 0) is 6.54 Å². The number of aromatic nitrogens is 4. The van der Waals surface area contributed by atoms with Gasteiger partial charge in [0.15, 0.2) is 5.82 Å². The minimum Gasteiger partial charge on any atom is -0.350 e. The van der Waals surface area contributed by atoms with Crippen molar-refractivity contribution in [3.05, 3.63) is 50.1 Å². The summed E-state index contributed by atoms with van der Waals surface area (Å²) >= 11 is 3.50. The van der Waals surface area contributed by atoms with Crippen LogP contribution in [0, 0.1) is 3.57 Å². The number of thiophene rings is 1. The maximum absolute atomic E-state index is 11.9. The second kappa shape index (κ2) is 8.20. The molecule has 3 aromatic rings. The van der Waals surface area contributed by atoms with Crippen molar-refractivity contribution in [1.82, 2.24) is 30.6 Å². The molecule has 25 heavy (non-hydrogen) atoms. The Morgan fingerprint density at radius 2 is 2.08 bits per heavy atom. The summed E-state index contributed by atoms with van der Waals surface area (Å²) in [6.07, 6.45) is 3.53. The number of hydrogen-bond donors (Lipinski definition) is 2. The van der Waals surface area contributed by atoms with E-state index in [2.05, 4.69) is 48.5 Å². The molecule has 0 aromatic carbocycles. The van der Waals surface area contributed by atoms with Crippen molar-refractivity contribution in [2.24, 2.45) is 0 Å². The van der Waals surface area contributed by atoms with Crippen LogP contribution in [-0.4, -0.2) is 44.8 Å². The van der Waals surface area contributed by atoms with Crippen LogP contribution in [0.2, 0.25) is 0 Å². The molecule has 130 valence electrons. The van der Waals surface area contributed by atoms with Crippen LogP contribution < -0.4 is 10.6 Å². The molecule has 0 atom stereocenters. The van der Waals surface area contributed by atoms with Crippen molar-refractivity contribution in [1.29, 1.82) is 0 Å². The lowest BCUT2D eigenvalue weighted by atomic mass is 10.4.